The van der Waals surface area contributed by atoms with E-state index in [0.717, 1.165) is 16.3 Å². The van der Waals surface area contributed by atoms with Crippen molar-refractivity contribution in [1.29, 1.82) is 0 Å². The molecule has 1 amide bonds. The Hall–Kier alpha value is -2.88. The Balaban J connectivity index is 1.59. The SMILES string of the molecule is CN(Cc1cccc(F)c1)C(=O)COc1ccc2ccccc2c1. The maximum atomic E-state index is 13.2. The monoisotopic (exact) mass is 323 g/mol. The van der Waals surface area contributed by atoms with Gasteiger partial charge in [0.25, 0.3) is 5.91 Å². The van der Waals surface area contributed by atoms with Crippen LogP contribution in [0.3, 0.4) is 0 Å². The molecule has 0 unspecified atom stereocenters. The number of benzene rings is 3. The maximum absolute atomic E-state index is 13.2. The molecule has 0 saturated carbocycles. The van der Waals surface area contributed by atoms with Gasteiger partial charge in [-0.15, -0.1) is 0 Å². The summed E-state index contributed by atoms with van der Waals surface area (Å²) in [4.78, 5) is 13.7. The zero-order valence-corrected chi connectivity index (χ0v) is 13.4. The lowest BCUT2D eigenvalue weighted by molar-refractivity contribution is -0.132. The fraction of sp³-hybridized carbons (Fsp3) is 0.150. The number of nitrogens with zero attached hydrogens (tertiary/aromatic N) is 1. The topological polar surface area (TPSA) is 29.5 Å². The van der Waals surface area contributed by atoms with Crippen LogP contribution in [0.25, 0.3) is 10.8 Å². The number of amides is 1. The van der Waals surface area contributed by atoms with Crippen molar-refractivity contribution < 1.29 is 13.9 Å². The summed E-state index contributed by atoms with van der Waals surface area (Å²) in [6.45, 7) is 0.293. The van der Waals surface area contributed by atoms with E-state index in [-0.39, 0.29) is 18.3 Å². The van der Waals surface area contributed by atoms with Crippen molar-refractivity contribution in [3.63, 3.8) is 0 Å². The second-order valence-electron chi connectivity index (χ2n) is 5.68. The van der Waals surface area contributed by atoms with Gasteiger partial charge in [0.05, 0.1) is 0 Å². The van der Waals surface area contributed by atoms with Crippen molar-refractivity contribution >= 4 is 16.7 Å². The number of halogens is 1. The molecule has 0 aliphatic heterocycles. The number of likely N-dealkylation sites (N-methyl/N-ethyl adjacent to an activating group) is 1. The second-order valence-corrected chi connectivity index (χ2v) is 5.68. The lowest BCUT2D eigenvalue weighted by Crippen LogP contribution is -2.30. The Kier molecular flexibility index (Phi) is 4.75. The lowest BCUT2D eigenvalue weighted by atomic mass is 10.1. The molecule has 0 bridgehead atoms. The van der Waals surface area contributed by atoms with Gasteiger partial charge in [-0.3, -0.25) is 4.79 Å². The van der Waals surface area contributed by atoms with Crippen LogP contribution in [0.2, 0.25) is 0 Å². The van der Waals surface area contributed by atoms with Crippen LogP contribution in [0.4, 0.5) is 4.39 Å². The standard InChI is InChI=1S/C20H18FNO2/c1-22(13-15-5-4-8-18(21)11-15)20(23)14-24-19-10-9-16-6-2-3-7-17(16)12-19/h2-12H,13-14H2,1H3. The number of carbonyl (C=O) groups is 1. The predicted molar refractivity (Wildman–Crippen MR) is 92.3 cm³/mol. The van der Waals surface area contributed by atoms with Crippen LogP contribution >= 0.6 is 0 Å². The van der Waals surface area contributed by atoms with Crippen LogP contribution in [0.15, 0.2) is 66.7 Å². The Bertz CT molecular complexity index is 863. The average Bonchev–Trinajstić information content (AvgIpc) is 2.59. The summed E-state index contributed by atoms with van der Waals surface area (Å²) in [7, 11) is 1.68. The molecule has 0 aromatic heterocycles. The van der Waals surface area contributed by atoms with Crippen LogP contribution in [0, 0.1) is 5.82 Å². The van der Waals surface area contributed by atoms with Crippen LogP contribution in [0.5, 0.6) is 5.75 Å². The Morgan fingerprint density at radius 2 is 1.79 bits per heavy atom. The number of ether oxygens (including phenoxy) is 1. The Labute approximate surface area is 140 Å². The van der Waals surface area contributed by atoms with Crippen molar-refractivity contribution in [2.24, 2.45) is 0 Å². The fourth-order valence-corrected chi connectivity index (χ4v) is 2.51. The van der Waals surface area contributed by atoms with Gasteiger partial charge in [-0.05, 0) is 40.6 Å². The first-order valence-electron chi connectivity index (χ1n) is 7.72. The quantitative estimate of drug-likeness (QED) is 0.710. The van der Waals surface area contributed by atoms with Gasteiger partial charge in [0.15, 0.2) is 6.61 Å². The first-order chi connectivity index (χ1) is 11.6. The summed E-state index contributed by atoms with van der Waals surface area (Å²) in [6.07, 6.45) is 0. The molecule has 0 heterocycles. The van der Waals surface area contributed by atoms with Crippen LogP contribution < -0.4 is 4.74 Å². The summed E-state index contributed by atoms with van der Waals surface area (Å²) in [5, 5.41) is 2.19. The van der Waals surface area contributed by atoms with E-state index < -0.39 is 0 Å². The van der Waals surface area contributed by atoms with Crippen molar-refractivity contribution in [3.05, 3.63) is 78.1 Å². The minimum absolute atomic E-state index is 0.0514. The van der Waals surface area contributed by atoms with E-state index in [1.54, 1.807) is 19.2 Å². The van der Waals surface area contributed by atoms with Gasteiger partial charge in [-0.25, -0.2) is 4.39 Å². The van der Waals surface area contributed by atoms with Gasteiger partial charge in [0.1, 0.15) is 11.6 Å². The molecule has 0 fully saturated rings. The molecular formula is C20H18FNO2. The molecule has 0 atom stereocenters. The van der Waals surface area contributed by atoms with Crippen LogP contribution in [0.1, 0.15) is 5.56 Å². The molecule has 0 spiro atoms. The maximum Gasteiger partial charge on any atom is 0.260 e. The molecule has 3 aromatic rings. The van der Waals surface area contributed by atoms with Crippen LogP contribution in [-0.4, -0.2) is 24.5 Å². The van der Waals surface area contributed by atoms with E-state index in [1.165, 1.54) is 17.0 Å². The van der Waals surface area contributed by atoms with E-state index in [2.05, 4.69) is 0 Å². The third-order valence-corrected chi connectivity index (χ3v) is 3.82. The third kappa shape index (κ3) is 3.90. The van der Waals surface area contributed by atoms with Crippen molar-refractivity contribution in [1.82, 2.24) is 4.90 Å². The minimum atomic E-state index is -0.305. The van der Waals surface area contributed by atoms with Gasteiger partial charge in [-0.2, -0.15) is 0 Å². The van der Waals surface area contributed by atoms with E-state index in [9.17, 15) is 9.18 Å². The molecule has 24 heavy (non-hydrogen) atoms. The highest BCUT2D eigenvalue weighted by Gasteiger charge is 2.11. The number of hydrogen-bond acceptors (Lipinski definition) is 2. The number of fused-ring (bicyclic) bond motifs is 1. The minimum Gasteiger partial charge on any atom is -0.484 e. The molecule has 0 N–H and O–H groups in total. The summed E-state index contributed by atoms with van der Waals surface area (Å²) in [5.41, 5.74) is 0.747. The number of hydrogen-bond donors (Lipinski definition) is 0. The highest BCUT2D eigenvalue weighted by Crippen LogP contribution is 2.20. The number of rotatable bonds is 5. The summed E-state index contributed by atoms with van der Waals surface area (Å²) < 4.78 is 18.8. The largest absolute Gasteiger partial charge is 0.484 e. The van der Waals surface area contributed by atoms with Gasteiger partial charge < -0.3 is 9.64 Å². The molecule has 0 saturated heterocycles. The summed E-state index contributed by atoms with van der Waals surface area (Å²) in [6, 6.07) is 19.9. The summed E-state index contributed by atoms with van der Waals surface area (Å²) >= 11 is 0. The molecule has 0 aliphatic rings. The molecule has 3 nitrogen and oxygen atoms in total. The molecule has 3 rings (SSSR count). The zero-order chi connectivity index (χ0) is 16.9. The van der Waals surface area contributed by atoms with Gasteiger partial charge in [0.2, 0.25) is 0 Å². The number of carbonyl (C=O) groups excluding carboxylic acids is 1. The predicted octanol–water partition coefficient (Wildman–Crippen LogP) is 4.02. The van der Waals surface area contributed by atoms with Crippen LogP contribution in [-0.2, 0) is 11.3 Å². The molecule has 0 radical (unpaired) electrons. The van der Waals surface area contributed by atoms with Crippen molar-refractivity contribution in [3.8, 4) is 5.75 Å². The summed E-state index contributed by atoms with van der Waals surface area (Å²) in [5.74, 6) is 0.189. The average molecular weight is 323 g/mol. The first-order valence-corrected chi connectivity index (χ1v) is 7.72. The van der Waals surface area contributed by atoms with E-state index in [1.807, 2.05) is 42.5 Å². The highest BCUT2D eigenvalue weighted by molar-refractivity contribution is 5.84. The highest BCUT2D eigenvalue weighted by atomic mass is 19.1. The van der Waals surface area contributed by atoms with Crippen molar-refractivity contribution in [2.45, 2.75) is 6.54 Å². The fourth-order valence-electron chi connectivity index (χ4n) is 2.51. The molecular weight excluding hydrogens is 305 g/mol. The second kappa shape index (κ2) is 7.13. The first kappa shape index (κ1) is 16.0. The zero-order valence-electron chi connectivity index (χ0n) is 13.4. The normalized spacial score (nSPS) is 10.6. The van der Waals surface area contributed by atoms with E-state index in [4.69, 9.17) is 4.74 Å². The Morgan fingerprint density at radius 1 is 1.00 bits per heavy atom. The Morgan fingerprint density at radius 3 is 2.58 bits per heavy atom. The molecule has 122 valence electrons. The third-order valence-electron chi connectivity index (χ3n) is 3.82. The van der Waals surface area contributed by atoms with E-state index in [0.29, 0.717) is 12.3 Å². The van der Waals surface area contributed by atoms with Gasteiger partial charge >= 0.3 is 0 Å². The molecule has 3 aromatic carbocycles. The lowest BCUT2D eigenvalue weighted by Gasteiger charge is -2.17. The van der Waals surface area contributed by atoms with Gasteiger partial charge in [-0.1, -0.05) is 42.5 Å². The van der Waals surface area contributed by atoms with Crippen molar-refractivity contribution in [2.75, 3.05) is 13.7 Å². The smallest absolute Gasteiger partial charge is 0.260 e. The molecule has 4 heteroatoms. The van der Waals surface area contributed by atoms with E-state index >= 15 is 0 Å². The van der Waals surface area contributed by atoms with Gasteiger partial charge in [0, 0.05) is 13.6 Å². The molecule has 0 aliphatic carbocycles.